The second-order valence-electron chi connectivity index (χ2n) is 5.23. The first kappa shape index (κ1) is 19.3. The molecule has 0 unspecified atom stereocenters. The van der Waals surface area contributed by atoms with Gasteiger partial charge in [0.2, 0.25) is 0 Å². The van der Waals surface area contributed by atoms with E-state index in [4.69, 9.17) is 9.47 Å². The van der Waals surface area contributed by atoms with Crippen LogP contribution < -0.4 is 20.3 Å². The Bertz CT molecular complexity index is 753. The molecule has 0 aromatic heterocycles. The molecule has 7 heteroatoms. The topological polar surface area (TPSA) is 59.6 Å². The summed E-state index contributed by atoms with van der Waals surface area (Å²) in [5, 5.41) is 0. The van der Waals surface area contributed by atoms with Gasteiger partial charge in [0.1, 0.15) is 11.5 Å². The summed E-state index contributed by atoms with van der Waals surface area (Å²) in [6.07, 6.45) is 0. The monoisotopic (exact) mass is 468 g/mol. The Hall–Kier alpha value is -1.99. The molecule has 0 aliphatic heterocycles. The summed E-state index contributed by atoms with van der Waals surface area (Å²) in [5.74, 6) is 1.01. The van der Waals surface area contributed by atoms with Crippen LogP contribution in [0.3, 0.4) is 0 Å². The van der Waals surface area contributed by atoms with Crippen LogP contribution in [0.15, 0.2) is 51.9 Å². The summed E-state index contributed by atoms with van der Waals surface area (Å²) < 4.78 is 12.2. The Kier molecular flexibility index (Phi) is 6.90. The third kappa shape index (κ3) is 5.51. The number of aryl methyl sites for hydroxylation is 1. The molecule has 25 heavy (non-hydrogen) atoms. The van der Waals surface area contributed by atoms with Crippen molar-refractivity contribution in [2.45, 2.75) is 6.92 Å². The van der Waals surface area contributed by atoms with Crippen LogP contribution in [0.2, 0.25) is 0 Å². The normalized spacial score (nSPS) is 10.1. The standard InChI is InChI=1S/C18H18Br2N2O3/c1-11-8-15(19)18(16(20)9-11)25-10-17(23)22-21-12(2)13-4-6-14(24-3)7-5-13/h4-9,21H,2,10H2,1,3H3,(H,22,23). The highest BCUT2D eigenvalue weighted by molar-refractivity contribution is 9.11. The lowest BCUT2D eigenvalue weighted by Gasteiger charge is -2.14. The molecular formula is C18H18Br2N2O3. The molecule has 132 valence electrons. The number of hydrogen-bond acceptors (Lipinski definition) is 4. The molecule has 2 N–H and O–H groups in total. The average Bonchev–Trinajstić information content (AvgIpc) is 2.58. The lowest BCUT2D eigenvalue weighted by Crippen LogP contribution is -2.39. The van der Waals surface area contributed by atoms with Crippen molar-refractivity contribution in [3.8, 4) is 11.5 Å². The van der Waals surface area contributed by atoms with E-state index in [9.17, 15) is 4.79 Å². The lowest BCUT2D eigenvalue weighted by molar-refractivity contribution is -0.123. The van der Waals surface area contributed by atoms with E-state index >= 15 is 0 Å². The van der Waals surface area contributed by atoms with Crippen molar-refractivity contribution in [3.05, 3.63) is 63.0 Å². The van der Waals surface area contributed by atoms with Crippen molar-refractivity contribution in [1.82, 2.24) is 10.9 Å². The van der Waals surface area contributed by atoms with Gasteiger partial charge in [-0.3, -0.25) is 15.6 Å². The first-order chi connectivity index (χ1) is 11.9. The van der Waals surface area contributed by atoms with Crippen LogP contribution >= 0.6 is 31.9 Å². The zero-order valence-electron chi connectivity index (χ0n) is 13.9. The van der Waals surface area contributed by atoms with Gasteiger partial charge in [0.05, 0.1) is 21.8 Å². The fourth-order valence-electron chi connectivity index (χ4n) is 2.01. The summed E-state index contributed by atoms with van der Waals surface area (Å²) in [5.41, 5.74) is 7.81. The van der Waals surface area contributed by atoms with E-state index in [1.807, 2.05) is 43.3 Å². The lowest BCUT2D eigenvalue weighted by atomic mass is 10.2. The molecule has 5 nitrogen and oxygen atoms in total. The number of rotatable bonds is 7. The molecule has 0 atom stereocenters. The number of benzene rings is 2. The highest BCUT2D eigenvalue weighted by Crippen LogP contribution is 2.34. The van der Waals surface area contributed by atoms with Crippen molar-refractivity contribution in [1.29, 1.82) is 0 Å². The maximum absolute atomic E-state index is 12.0. The van der Waals surface area contributed by atoms with Gasteiger partial charge in [0, 0.05) is 0 Å². The minimum Gasteiger partial charge on any atom is -0.497 e. The minimum absolute atomic E-state index is 0.136. The molecule has 0 heterocycles. The Morgan fingerprint density at radius 2 is 1.72 bits per heavy atom. The Morgan fingerprint density at radius 3 is 2.28 bits per heavy atom. The van der Waals surface area contributed by atoms with Crippen LogP contribution in [0, 0.1) is 6.92 Å². The van der Waals surface area contributed by atoms with Gasteiger partial charge in [-0.25, -0.2) is 0 Å². The van der Waals surface area contributed by atoms with Crippen molar-refractivity contribution in [2.24, 2.45) is 0 Å². The van der Waals surface area contributed by atoms with E-state index in [-0.39, 0.29) is 12.5 Å². The highest BCUT2D eigenvalue weighted by atomic mass is 79.9. The molecule has 0 saturated heterocycles. The Balaban J connectivity index is 1.85. The number of halogens is 2. The van der Waals surface area contributed by atoms with E-state index in [2.05, 4.69) is 49.3 Å². The quantitative estimate of drug-likeness (QED) is 0.596. The minimum atomic E-state index is -0.325. The van der Waals surface area contributed by atoms with E-state index in [0.717, 1.165) is 25.8 Å². The predicted octanol–water partition coefficient (Wildman–Crippen LogP) is 4.20. The number of carbonyl (C=O) groups is 1. The molecule has 2 rings (SSSR count). The zero-order valence-corrected chi connectivity index (χ0v) is 17.0. The number of carbonyl (C=O) groups excluding carboxylic acids is 1. The van der Waals surface area contributed by atoms with Gasteiger partial charge in [-0.05, 0) is 86.3 Å². The van der Waals surface area contributed by atoms with Gasteiger partial charge >= 0.3 is 0 Å². The molecule has 0 fully saturated rings. The molecule has 2 aromatic rings. The van der Waals surface area contributed by atoms with Gasteiger partial charge < -0.3 is 9.47 Å². The second-order valence-corrected chi connectivity index (χ2v) is 6.94. The summed E-state index contributed by atoms with van der Waals surface area (Å²) in [4.78, 5) is 12.0. The largest absolute Gasteiger partial charge is 0.497 e. The molecule has 2 aromatic carbocycles. The van der Waals surface area contributed by atoms with Crippen LogP contribution in [-0.4, -0.2) is 19.6 Å². The average molecular weight is 470 g/mol. The fourth-order valence-corrected chi connectivity index (χ4v) is 3.65. The third-order valence-electron chi connectivity index (χ3n) is 3.28. The van der Waals surface area contributed by atoms with Crippen LogP contribution in [0.5, 0.6) is 11.5 Å². The van der Waals surface area contributed by atoms with Gasteiger partial charge in [-0.15, -0.1) is 0 Å². The third-order valence-corrected chi connectivity index (χ3v) is 4.46. The fraction of sp³-hybridized carbons (Fsp3) is 0.167. The summed E-state index contributed by atoms with van der Waals surface area (Å²) in [6, 6.07) is 11.2. The maximum atomic E-state index is 12.0. The van der Waals surface area contributed by atoms with Crippen LogP contribution in [0.1, 0.15) is 11.1 Å². The smallest absolute Gasteiger partial charge is 0.276 e. The maximum Gasteiger partial charge on any atom is 0.276 e. The van der Waals surface area contributed by atoms with E-state index in [1.165, 1.54) is 0 Å². The second kappa shape index (κ2) is 8.92. The van der Waals surface area contributed by atoms with Crippen molar-refractivity contribution < 1.29 is 14.3 Å². The van der Waals surface area contributed by atoms with Crippen LogP contribution in [0.25, 0.3) is 5.70 Å². The summed E-state index contributed by atoms with van der Waals surface area (Å²) >= 11 is 6.85. The predicted molar refractivity (Wildman–Crippen MR) is 105 cm³/mol. The SMILES string of the molecule is C=C(NNC(=O)COc1c(Br)cc(C)cc1Br)c1ccc(OC)cc1. The van der Waals surface area contributed by atoms with E-state index in [1.54, 1.807) is 7.11 Å². The van der Waals surface area contributed by atoms with Crippen molar-refractivity contribution >= 4 is 43.5 Å². The molecule has 0 aliphatic rings. The number of ether oxygens (including phenoxy) is 2. The Morgan fingerprint density at radius 1 is 1.12 bits per heavy atom. The van der Waals surface area contributed by atoms with Gasteiger partial charge in [-0.1, -0.05) is 6.58 Å². The Labute approximate surface area is 163 Å². The van der Waals surface area contributed by atoms with E-state index < -0.39 is 0 Å². The molecule has 0 bridgehead atoms. The van der Waals surface area contributed by atoms with Crippen molar-refractivity contribution in [3.63, 3.8) is 0 Å². The van der Waals surface area contributed by atoms with Gasteiger partial charge in [0.15, 0.2) is 6.61 Å². The number of amides is 1. The van der Waals surface area contributed by atoms with Crippen LogP contribution in [-0.2, 0) is 4.79 Å². The molecular weight excluding hydrogens is 452 g/mol. The first-order valence-corrected chi connectivity index (χ1v) is 8.96. The molecule has 0 saturated carbocycles. The number of methoxy groups -OCH3 is 1. The van der Waals surface area contributed by atoms with Crippen molar-refractivity contribution in [2.75, 3.05) is 13.7 Å². The van der Waals surface area contributed by atoms with Gasteiger partial charge in [-0.2, -0.15) is 0 Å². The number of hydrazine groups is 1. The van der Waals surface area contributed by atoms with E-state index in [0.29, 0.717) is 11.4 Å². The molecule has 0 spiro atoms. The number of hydrogen-bond donors (Lipinski definition) is 2. The molecule has 0 aliphatic carbocycles. The highest BCUT2D eigenvalue weighted by Gasteiger charge is 2.10. The summed E-state index contributed by atoms with van der Waals surface area (Å²) in [6.45, 7) is 5.72. The molecule has 1 amide bonds. The zero-order chi connectivity index (χ0) is 18.4. The summed E-state index contributed by atoms with van der Waals surface area (Å²) in [7, 11) is 1.60. The number of nitrogens with one attached hydrogen (secondary N) is 2. The van der Waals surface area contributed by atoms with Crippen LogP contribution in [0.4, 0.5) is 0 Å². The molecule has 0 radical (unpaired) electrons. The van der Waals surface area contributed by atoms with Gasteiger partial charge in [0.25, 0.3) is 5.91 Å². The first-order valence-electron chi connectivity index (χ1n) is 7.37.